The van der Waals surface area contributed by atoms with E-state index in [-0.39, 0.29) is 37.0 Å². The Bertz CT molecular complexity index is 1810. The van der Waals surface area contributed by atoms with Crippen molar-refractivity contribution in [2.45, 2.75) is 167 Å². The highest BCUT2D eigenvalue weighted by atomic mass is 16.5. The summed E-state index contributed by atoms with van der Waals surface area (Å²) in [6.45, 7) is 5.65. The largest absolute Gasteiger partial charge is 0.493 e. The van der Waals surface area contributed by atoms with E-state index in [0.29, 0.717) is 49.3 Å². The predicted octanol–water partition coefficient (Wildman–Crippen LogP) is 4.39. The van der Waals surface area contributed by atoms with E-state index >= 15 is 0 Å². The topological polar surface area (TPSA) is 265 Å². The third-order valence-electron chi connectivity index (χ3n) is 11.1. The van der Waals surface area contributed by atoms with Gasteiger partial charge in [0, 0.05) is 25.8 Å². The first kappa shape index (κ1) is 56.4. The number of carbonyl (C=O) groups excluding carboxylic acids is 6. The van der Waals surface area contributed by atoms with Gasteiger partial charge in [0.05, 0.1) is 26.7 Å². The molecule has 0 aliphatic rings. The molecule has 0 aliphatic carbocycles. The lowest BCUT2D eigenvalue weighted by atomic mass is 10.0. The molecule has 0 saturated heterocycles. The number of rotatable bonds is 35. The van der Waals surface area contributed by atoms with Gasteiger partial charge in [0.2, 0.25) is 35.4 Å². The molecule has 368 valence electrons. The first-order chi connectivity index (χ1) is 31.5. The lowest BCUT2D eigenvalue weighted by molar-refractivity contribution is -0.142. The molecule has 0 aliphatic heterocycles. The summed E-state index contributed by atoms with van der Waals surface area (Å²) in [4.78, 5) is 88.2. The average Bonchev–Trinajstić information content (AvgIpc) is 3.27. The van der Waals surface area contributed by atoms with Crippen LogP contribution in [0.1, 0.15) is 135 Å². The summed E-state index contributed by atoms with van der Waals surface area (Å²) in [7, 11) is 3.12. The Morgan fingerprint density at radius 2 is 1.14 bits per heavy atom. The van der Waals surface area contributed by atoms with Crippen molar-refractivity contribution in [1.29, 1.82) is 0 Å². The molecule has 6 amide bonds. The smallest absolute Gasteiger partial charge is 0.326 e. The van der Waals surface area contributed by atoms with Crippen molar-refractivity contribution in [3.05, 3.63) is 59.7 Å². The highest BCUT2D eigenvalue weighted by molar-refractivity contribution is 5.94. The number of benzene rings is 2. The Hall–Kier alpha value is -5.71. The van der Waals surface area contributed by atoms with Crippen LogP contribution in [0.15, 0.2) is 48.5 Å². The number of nitrogens with two attached hydrogens (primary N) is 1. The number of amides is 6. The number of aliphatic hydroxyl groups excluding tert-OH is 1. The fourth-order valence-corrected chi connectivity index (χ4v) is 7.44. The summed E-state index contributed by atoms with van der Waals surface area (Å²) in [5, 5.41) is 33.3. The van der Waals surface area contributed by atoms with Crippen molar-refractivity contribution in [1.82, 2.24) is 26.6 Å². The van der Waals surface area contributed by atoms with Crippen LogP contribution in [0.3, 0.4) is 0 Å². The van der Waals surface area contributed by atoms with Crippen molar-refractivity contribution >= 4 is 41.4 Å². The molecule has 0 fully saturated rings. The second-order valence-corrected chi connectivity index (χ2v) is 17.3. The van der Waals surface area contributed by atoms with Crippen molar-refractivity contribution in [3.63, 3.8) is 0 Å². The summed E-state index contributed by atoms with van der Waals surface area (Å²) in [6, 6.07) is 9.77. The molecule has 0 bridgehead atoms. The maximum absolute atomic E-state index is 13.3. The monoisotopic (exact) mass is 925 g/mol. The van der Waals surface area contributed by atoms with E-state index in [1.165, 1.54) is 6.92 Å². The van der Waals surface area contributed by atoms with E-state index in [1.54, 1.807) is 50.6 Å². The van der Waals surface area contributed by atoms with Crippen LogP contribution in [0.5, 0.6) is 11.5 Å². The second kappa shape index (κ2) is 32.0. The molecule has 66 heavy (non-hydrogen) atoms. The van der Waals surface area contributed by atoms with Crippen molar-refractivity contribution in [3.8, 4) is 11.5 Å². The molecule has 2 aromatic rings. The highest BCUT2D eigenvalue weighted by Gasteiger charge is 2.31. The van der Waals surface area contributed by atoms with Gasteiger partial charge in [-0.15, -0.1) is 0 Å². The van der Waals surface area contributed by atoms with Gasteiger partial charge < -0.3 is 52.0 Å². The fourth-order valence-electron chi connectivity index (χ4n) is 7.44. The van der Waals surface area contributed by atoms with Crippen LogP contribution >= 0.6 is 0 Å². The van der Waals surface area contributed by atoms with Crippen LogP contribution in [0, 0.1) is 5.92 Å². The van der Waals surface area contributed by atoms with E-state index in [0.717, 1.165) is 69.8 Å². The lowest BCUT2D eigenvalue weighted by Crippen LogP contribution is -2.57. The third kappa shape index (κ3) is 23.5. The fraction of sp³-hybridized carbons (Fsp3) is 0.612. The number of aliphatic carboxylic acids is 1. The zero-order chi connectivity index (χ0) is 48.9. The SMILES string of the molecule is COc1ccc(CCNC(=O)[C@H](CC(C)C)NC(=O)[C@@H](NC(=O)CCCCCCCCCCCCCCC(=O)N[C@@H](CC(N)=O)C(=O)N[C@@H](Cc2ccccc2)C(=O)O)[C@H](C)O)cc1OC. The van der Waals surface area contributed by atoms with Gasteiger partial charge in [0.1, 0.15) is 24.2 Å². The number of hydrogen-bond donors (Lipinski definition) is 8. The predicted molar refractivity (Wildman–Crippen MR) is 251 cm³/mol. The van der Waals surface area contributed by atoms with Crippen LogP contribution in [0.4, 0.5) is 0 Å². The molecule has 17 nitrogen and oxygen atoms in total. The molecule has 0 aromatic heterocycles. The molecule has 0 saturated carbocycles. The van der Waals surface area contributed by atoms with Gasteiger partial charge in [-0.05, 0) is 61.8 Å². The van der Waals surface area contributed by atoms with Crippen molar-refractivity contribution in [2.24, 2.45) is 11.7 Å². The molecule has 0 unspecified atom stereocenters. The molecule has 17 heteroatoms. The molecule has 0 heterocycles. The van der Waals surface area contributed by atoms with E-state index < -0.39 is 66.3 Å². The summed E-state index contributed by atoms with van der Waals surface area (Å²) in [6.07, 6.45) is 11.0. The van der Waals surface area contributed by atoms with E-state index in [4.69, 9.17) is 15.2 Å². The minimum Gasteiger partial charge on any atom is -0.493 e. The molecule has 9 N–H and O–H groups in total. The Kier molecular flexibility index (Phi) is 27.4. The zero-order valence-corrected chi connectivity index (χ0v) is 39.7. The normalized spacial score (nSPS) is 13.3. The first-order valence-corrected chi connectivity index (χ1v) is 23.5. The van der Waals surface area contributed by atoms with E-state index in [1.807, 2.05) is 26.0 Å². The Balaban J connectivity index is 1.60. The zero-order valence-electron chi connectivity index (χ0n) is 39.7. The van der Waals surface area contributed by atoms with Gasteiger partial charge in [-0.3, -0.25) is 28.8 Å². The van der Waals surface area contributed by atoms with Gasteiger partial charge in [-0.1, -0.05) is 114 Å². The van der Waals surface area contributed by atoms with E-state index in [2.05, 4.69) is 26.6 Å². The minimum absolute atomic E-state index is 0.0388. The Morgan fingerprint density at radius 3 is 1.64 bits per heavy atom. The van der Waals surface area contributed by atoms with Gasteiger partial charge in [0.15, 0.2) is 11.5 Å². The summed E-state index contributed by atoms with van der Waals surface area (Å²) in [5.41, 5.74) is 6.96. The number of nitrogens with one attached hydrogen (secondary N) is 5. The van der Waals surface area contributed by atoms with Crippen LogP contribution in [-0.2, 0) is 46.4 Å². The number of ether oxygens (including phenoxy) is 2. The number of aliphatic hydroxyl groups is 1. The quantitative estimate of drug-likeness (QED) is 0.0450. The Labute approximate surface area is 390 Å². The number of unbranched alkanes of at least 4 members (excludes halogenated alkanes) is 11. The number of carboxylic acid groups (broad SMARTS) is 1. The number of carbonyl (C=O) groups is 7. The summed E-state index contributed by atoms with van der Waals surface area (Å²) in [5.74, 6) is -3.24. The first-order valence-electron chi connectivity index (χ1n) is 23.5. The molecule has 0 radical (unpaired) electrons. The third-order valence-corrected chi connectivity index (χ3v) is 11.1. The second-order valence-electron chi connectivity index (χ2n) is 17.3. The lowest BCUT2D eigenvalue weighted by Gasteiger charge is -2.25. The van der Waals surface area contributed by atoms with Gasteiger partial charge >= 0.3 is 5.97 Å². The maximum atomic E-state index is 13.3. The van der Waals surface area contributed by atoms with Gasteiger partial charge in [-0.25, -0.2) is 4.79 Å². The molecule has 2 rings (SSSR count). The summed E-state index contributed by atoms with van der Waals surface area (Å²) < 4.78 is 10.6. The molecule has 5 atom stereocenters. The van der Waals surface area contributed by atoms with Crippen LogP contribution in [-0.4, -0.2) is 103 Å². The Morgan fingerprint density at radius 1 is 0.606 bits per heavy atom. The molecular formula is C49H76N6O11. The maximum Gasteiger partial charge on any atom is 0.326 e. The minimum atomic E-state index is -1.27. The van der Waals surface area contributed by atoms with Crippen molar-refractivity contribution in [2.75, 3.05) is 20.8 Å². The highest BCUT2D eigenvalue weighted by Crippen LogP contribution is 2.27. The van der Waals surface area contributed by atoms with Crippen molar-refractivity contribution < 1.29 is 53.2 Å². The van der Waals surface area contributed by atoms with E-state index in [9.17, 15) is 43.8 Å². The number of hydrogen-bond acceptors (Lipinski definition) is 10. The number of methoxy groups -OCH3 is 2. The van der Waals surface area contributed by atoms with Gasteiger partial charge in [-0.2, -0.15) is 0 Å². The van der Waals surface area contributed by atoms with Crippen LogP contribution < -0.4 is 41.8 Å². The molecule has 2 aromatic carbocycles. The van der Waals surface area contributed by atoms with Gasteiger partial charge in [0.25, 0.3) is 0 Å². The number of carboxylic acids is 1. The van der Waals surface area contributed by atoms with Crippen LogP contribution in [0.2, 0.25) is 0 Å². The van der Waals surface area contributed by atoms with Crippen LogP contribution in [0.25, 0.3) is 0 Å². The number of primary amides is 1. The average molecular weight is 925 g/mol. The molecule has 0 spiro atoms. The standard InChI is InChI=1S/C49H76N6O11/c1-33(2)29-37(46(60)51-28-27-36-25-26-40(65-4)41(31-36)66-5)53-48(62)45(34(3)56)55-44(59)24-20-15-13-11-9-7-6-8-10-12-14-19-23-43(58)52-38(32-42(50)57)47(61)54-39(49(63)64)30-35-21-17-16-18-22-35/h16-18,21-22,25-26,31,33-34,37-39,45,56H,6-15,19-20,23-24,27-30,32H2,1-5H3,(H2,50,57)(H,51,60)(H,52,58)(H,53,62)(H,54,61)(H,55,59)(H,63,64)/t34-,37-,38-,39-,45-/m0/s1. The molecular weight excluding hydrogens is 849 g/mol. The summed E-state index contributed by atoms with van der Waals surface area (Å²) >= 11 is 0.